The Morgan fingerprint density at radius 1 is 1.36 bits per heavy atom. The number of carbonyl (C=O) groups is 2. The summed E-state index contributed by atoms with van der Waals surface area (Å²) in [5.74, 6) is 5.61. The molecule has 2 atom stereocenters. The highest BCUT2D eigenvalue weighted by Gasteiger charge is 2.38. The molecule has 3 N–H and O–H groups in total. The maximum atomic E-state index is 12.7. The van der Waals surface area contributed by atoms with Gasteiger partial charge in [0.1, 0.15) is 34.9 Å². The van der Waals surface area contributed by atoms with Crippen molar-refractivity contribution in [3.05, 3.63) is 53.0 Å². The van der Waals surface area contributed by atoms with Crippen LogP contribution in [0, 0.1) is 11.8 Å². The van der Waals surface area contributed by atoms with Crippen LogP contribution in [0.5, 0.6) is 0 Å². The third-order valence-corrected chi connectivity index (χ3v) is 6.98. The van der Waals surface area contributed by atoms with Crippen LogP contribution in [0.15, 0.2) is 31.1 Å². The number of halogens is 1. The number of nitrogens with one attached hydrogen (secondary N) is 1. The second-order valence-corrected chi connectivity index (χ2v) is 10.8. The van der Waals surface area contributed by atoms with Gasteiger partial charge in [-0.2, -0.15) is 5.10 Å². The molecule has 0 aliphatic carbocycles. The van der Waals surface area contributed by atoms with Crippen molar-refractivity contribution in [2.45, 2.75) is 37.3 Å². The van der Waals surface area contributed by atoms with Crippen LogP contribution >= 0.6 is 11.6 Å². The molecule has 1 aliphatic rings. The standard InChI is InChI=1S/C25H31B3ClN7O3/c1-4-21(37)35-11-15(9-16(35)12-39-25(26,27)28)36-24(31-3)22(23(30)38)18(33-36)7-6-14-8-19-20(10-17(14)29)34(5-2)13-32-19/h4,8,10,13,15-16,31H,1,5,9,11-12,26-28H2,2-3H3,(H2,30,38)/t15-,16+/m0/s1. The molecule has 0 radical (unpaired) electrons. The van der Waals surface area contributed by atoms with Gasteiger partial charge in [0.2, 0.25) is 5.91 Å². The molecule has 0 spiro atoms. The molecule has 1 aliphatic heterocycles. The molecule has 1 aromatic carbocycles. The zero-order chi connectivity index (χ0) is 28.5. The highest BCUT2D eigenvalue weighted by molar-refractivity contribution is 6.58. The van der Waals surface area contributed by atoms with Crippen molar-refractivity contribution in [3.8, 4) is 11.8 Å². The molecule has 3 heterocycles. The number of benzene rings is 1. The molecule has 1 saturated heterocycles. The Balaban J connectivity index is 1.72. The predicted octanol–water partition coefficient (Wildman–Crippen LogP) is -0.698. The van der Waals surface area contributed by atoms with Gasteiger partial charge in [0.05, 0.1) is 41.1 Å². The zero-order valence-electron chi connectivity index (χ0n) is 22.9. The first-order chi connectivity index (χ1) is 18.5. The minimum atomic E-state index is -0.664. The lowest BCUT2D eigenvalue weighted by Crippen LogP contribution is -2.42. The molecule has 200 valence electrons. The third kappa shape index (κ3) is 5.87. The predicted molar refractivity (Wildman–Crippen MR) is 160 cm³/mol. The third-order valence-electron chi connectivity index (χ3n) is 6.66. The molecule has 10 nitrogen and oxygen atoms in total. The minimum Gasteiger partial charge on any atom is -0.399 e. The first kappa shape index (κ1) is 28.4. The summed E-state index contributed by atoms with van der Waals surface area (Å²) in [6.45, 7) is 7.17. The van der Waals surface area contributed by atoms with E-state index < -0.39 is 5.91 Å². The van der Waals surface area contributed by atoms with E-state index in [2.05, 4.69) is 33.8 Å². The second-order valence-electron chi connectivity index (χ2n) is 10.4. The number of ether oxygens (including phenoxy) is 1. The van der Waals surface area contributed by atoms with Gasteiger partial charge >= 0.3 is 0 Å². The van der Waals surface area contributed by atoms with Gasteiger partial charge in [-0.1, -0.05) is 24.1 Å². The Hall–Kier alpha value is -3.62. The molecule has 14 heteroatoms. The molecular formula is C25H31B3ClN7O3. The lowest BCUT2D eigenvalue weighted by Gasteiger charge is -2.27. The largest absolute Gasteiger partial charge is 0.399 e. The lowest BCUT2D eigenvalue weighted by molar-refractivity contribution is -0.128. The van der Waals surface area contributed by atoms with E-state index in [9.17, 15) is 9.59 Å². The average Bonchev–Trinajstić information content (AvgIpc) is 3.59. The Labute approximate surface area is 235 Å². The number of aromatic nitrogens is 4. The zero-order valence-corrected chi connectivity index (χ0v) is 23.7. The summed E-state index contributed by atoms with van der Waals surface area (Å²) in [6, 6.07) is 3.21. The van der Waals surface area contributed by atoms with Gasteiger partial charge in [-0.3, -0.25) is 9.59 Å². The molecule has 0 saturated carbocycles. The maximum Gasteiger partial charge on any atom is 0.255 e. The van der Waals surface area contributed by atoms with Crippen molar-refractivity contribution in [1.82, 2.24) is 24.2 Å². The van der Waals surface area contributed by atoms with Crippen LogP contribution in [0.4, 0.5) is 5.82 Å². The number of primary amides is 1. The van der Waals surface area contributed by atoms with E-state index in [0.29, 0.717) is 36.0 Å². The van der Waals surface area contributed by atoms with Crippen LogP contribution in [0.1, 0.15) is 41.0 Å². The Kier molecular flexibility index (Phi) is 8.19. The molecule has 3 aromatic rings. The Morgan fingerprint density at radius 2 is 2.10 bits per heavy atom. The minimum absolute atomic E-state index is 0.174. The topological polar surface area (TPSA) is 120 Å². The highest BCUT2D eigenvalue weighted by atomic mass is 35.5. The number of hydrogen-bond donors (Lipinski definition) is 2. The first-order valence-electron chi connectivity index (χ1n) is 12.8. The van der Waals surface area contributed by atoms with E-state index >= 15 is 0 Å². The molecular weight excluding hydrogens is 514 g/mol. The van der Waals surface area contributed by atoms with E-state index in [4.69, 9.17) is 22.1 Å². The number of fused-ring (bicyclic) bond motifs is 1. The van der Waals surface area contributed by atoms with Crippen molar-refractivity contribution in [1.29, 1.82) is 0 Å². The number of anilines is 1. The lowest BCUT2D eigenvalue weighted by atomic mass is 9.52. The van der Waals surface area contributed by atoms with Gasteiger partial charge in [-0.15, -0.1) is 0 Å². The van der Waals surface area contributed by atoms with Crippen molar-refractivity contribution < 1.29 is 14.3 Å². The number of carbonyl (C=O) groups excluding carboxylic acids is 2. The number of amides is 2. The van der Waals surface area contributed by atoms with Gasteiger partial charge in [0.25, 0.3) is 5.91 Å². The summed E-state index contributed by atoms with van der Waals surface area (Å²) < 4.78 is 9.68. The van der Waals surface area contributed by atoms with Crippen LogP contribution in [-0.2, 0) is 16.1 Å². The van der Waals surface area contributed by atoms with E-state index in [1.165, 1.54) is 6.08 Å². The fourth-order valence-electron chi connectivity index (χ4n) is 4.77. The van der Waals surface area contributed by atoms with Crippen LogP contribution < -0.4 is 11.1 Å². The van der Waals surface area contributed by atoms with Crippen LogP contribution in [0.25, 0.3) is 11.0 Å². The number of hydrogen-bond acceptors (Lipinski definition) is 6. The van der Waals surface area contributed by atoms with Crippen molar-refractivity contribution in [3.63, 3.8) is 0 Å². The van der Waals surface area contributed by atoms with Gasteiger partial charge in [-0.05, 0) is 42.8 Å². The summed E-state index contributed by atoms with van der Waals surface area (Å²) in [6.07, 6.45) is 3.62. The number of aryl methyl sites for hydroxylation is 1. The first-order valence-corrected chi connectivity index (χ1v) is 13.2. The van der Waals surface area contributed by atoms with Crippen molar-refractivity contribution in [2.24, 2.45) is 5.73 Å². The fraction of sp³-hybridized carbons (Fsp3) is 0.360. The Bertz CT molecular complexity index is 1500. The molecule has 2 amide bonds. The molecule has 4 rings (SSSR count). The van der Waals surface area contributed by atoms with E-state index in [-0.39, 0.29) is 34.5 Å². The highest BCUT2D eigenvalue weighted by Crippen LogP contribution is 2.33. The second kappa shape index (κ2) is 11.2. The maximum absolute atomic E-state index is 12.7. The van der Waals surface area contributed by atoms with Crippen molar-refractivity contribution >= 4 is 63.8 Å². The Morgan fingerprint density at radius 3 is 2.72 bits per heavy atom. The summed E-state index contributed by atoms with van der Waals surface area (Å²) in [5, 5.41) is 7.85. The summed E-state index contributed by atoms with van der Waals surface area (Å²) in [7, 11) is 7.59. The smallest absolute Gasteiger partial charge is 0.255 e. The normalized spacial score (nSPS) is 17.2. The van der Waals surface area contributed by atoms with Crippen LogP contribution in [-0.4, -0.2) is 91.1 Å². The quantitative estimate of drug-likeness (QED) is 0.220. The number of likely N-dealkylation sites (tertiary alicyclic amines) is 1. The summed E-state index contributed by atoms with van der Waals surface area (Å²) in [5.41, 5.74) is 8.41. The SMILES string of the molecule is BC(B)(B)OC[C@H]1C[C@H](n2nc(C#Cc3cc4ncn(CC)c4cc3Cl)c(C(N)=O)c2NC)CN1C(=O)C=C. The molecule has 2 aromatic heterocycles. The molecule has 0 unspecified atom stereocenters. The van der Waals surface area contributed by atoms with Crippen LogP contribution in [0.3, 0.4) is 0 Å². The monoisotopic (exact) mass is 545 g/mol. The molecule has 0 bridgehead atoms. The molecule has 1 fully saturated rings. The summed E-state index contributed by atoms with van der Waals surface area (Å²) in [4.78, 5) is 31.3. The summed E-state index contributed by atoms with van der Waals surface area (Å²) >= 11 is 6.53. The van der Waals surface area contributed by atoms with Gasteiger partial charge < -0.3 is 25.3 Å². The van der Waals surface area contributed by atoms with E-state index in [1.807, 2.05) is 47.2 Å². The molecule has 39 heavy (non-hydrogen) atoms. The average molecular weight is 545 g/mol. The number of nitrogens with two attached hydrogens (primary N) is 1. The van der Waals surface area contributed by atoms with E-state index in [0.717, 1.165) is 17.6 Å². The number of imidazole rings is 1. The fourth-order valence-corrected chi connectivity index (χ4v) is 4.98. The number of rotatable bonds is 8. The van der Waals surface area contributed by atoms with Gasteiger partial charge in [-0.25, -0.2) is 9.67 Å². The van der Waals surface area contributed by atoms with Gasteiger partial charge in [0.15, 0.2) is 5.69 Å². The van der Waals surface area contributed by atoms with Gasteiger partial charge in [0, 0.05) is 25.7 Å². The van der Waals surface area contributed by atoms with E-state index in [1.54, 1.807) is 23.0 Å². The number of nitrogens with zero attached hydrogens (tertiary/aromatic N) is 5. The van der Waals surface area contributed by atoms with Crippen LogP contribution in [0.2, 0.25) is 5.02 Å². The van der Waals surface area contributed by atoms with Crippen molar-refractivity contribution in [2.75, 3.05) is 25.5 Å².